The Kier molecular flexibility index (Phi) is 12.5. The van der Waals surface area contributed by atoms with Gasteiger partial charge in [0.25, 0.3) is 0 Å². The molecule has 0 aliphatic heterocycles. The second-order valence-electron chi connectivity index (χ2n) is 6.78. The Morgan fingerprint density at radius 2 is 1.56 bits per heavy atom. The number of ether oxygens (including phenoxy) is 3. The van der Waals surface area contributed by atoms with E-state index >= 15 is 0 Å². The zero-order valence-corrected chi connectivity index (χ0v) is 17.3. The quantitative estimate of drug-likeness (QED) is 0.127. The molecule has 152 valence electrons. The molecule has 0 amide bonds. The van der Waals surface area contributed by atoms with Crippen molar-refractivity contribution in [2.24, 2.45) is 0 Å². The summed E-state index contributed by atoms with van der Waals surface area (Å²) in [6, 6.07) is 7.76. The number of esters is 1. The van der Waals surface area contributed by atoms with Gasteiger partial charge < -0.3 is 14.2 Å². The second kappa shape index (κ2) is 14.4. The Morgan fingerprint density at radius 1 is 0.963 bits per heavy atom. The summed E-state index contributed by atoms with van der Waals surface area (Å²) in [6.07, 6.45) is 8.95. The van der Waals surface area contributed by atoms with Crippen LogP contribution < -0.4 is 4.74 Å². The highest BCUT2D eigenvalue weighted by molar-refractivity contribution is 5.88. The van der Waals surface area contributed by atoms with E-state index in [9.17, 15) is 4.79 Å². The van der Waals surface area contributed by atoms with Gasteiger partial charge in [-0.3, -0.25) is 0 Å². The van der Waals surface area contributed by atoms with Gasteiger partial charge in [0.2, 0.25) is 0 Å². The maximum atomic E-state index is 11.7. The van der Waals surface area contributed by atoms with Crippen molar-refractivity contribution < 1.29 is 19.0 Å². The summed E-state index contributed by atoms with van der Waals surface area (Å²) in [7, 11) is 0. The number of benzene rings is 1. The van der Waals surface area contributed by atoms with E-state index in [0.29, 0.717) is 24.5 Å². The number of rotatable bonds is 15. The first-order valence-electron chi connectivity index (χ1n) is 10.3. The summed E-state index contributed by atoms with van der Waals surface area (Å²) < 4.78 is 16.5. The van der Waals surface area contributed by atoms with Gasteiger partial charge >= 0.3 is 5.97 Å². The van der Waals surface area contributed by atoms with E-state index in [1.54, 1.807) is 6.92 Å². The van der Waals surface area contributed by atoms with E-state index in [-0.39, 0.29) is 12.3 Å². The van der Waals surface area contributed by atoms with E-state index < -0.39 is 0 Å². The van der Waals surface area contributed by atoms with Crippen molar-refractivity contribution in [3.8, 4) is 5.75 Å². The summed E-state index contributed by atoms with van der Waals surface area (Å²) in [5.41, 5.74) is 1.50. The van der Waals surface area contributed by atoms with Gasteiger partial charge in [0.15, 0.2) is 6.29 Å². The van der Waals surface area contributed by atoms with Crippen LogP contribution in [0.5, 0.6) is 5.75 Å². The van der Waals surface area contributed by atoms with E-state index in [1.165, 1.54) is 25.7 Å². The Labute approximate surface area is 164 Å². The maximum Gasteiger partial charge on any atom is 0.338 e. The molecule has 0 aromatic heterocycles. The van der Waals surface area contributed by atoms with Gasteiger partial charge in [-0.25, -0.2) is 4.79 Å². The first-order valence-corrected chi connectivity index (χ1v) is 10.3. The standard InChI is InChI=1S/C23H36O4/c1-5-25-22(26-6-2)18-12-10-8-7-9-11-15-20-16-13-14-17-21(20)27-23(24)19(3)4/h13-14,16-17,22H,3,5-12,15,18H2,1-2,4H3. The third-order valence-electron chi connectivity index (χ3n) is 4.36. The fourth-order valence-electron chi connectivity index (χ4n) is 2.92. The average Bonchev–Trinajstić information content (AvgIpc) is 2.65. The number of unbranched alkanes of at least 4 members (excludes halogenated alkanes) is 5. The van der Waals surface area contributed by atoms with Crippen molar-refractivity contribution in [1.29, 1.82) is 0 Å². The van der Waals surface area contributed by atoms with Gasteiger partial charge in [0.1, 0.15) is 5.75 Å². The van der Waals surface area contributed by atoms with Crippen LogP contribution in [-0.2, 0) is 20.7 Å². The smallest absolute Gasteiger partial charge is 0.338 e. The molecule has 1 aromatic carbocycles. The lowest BCUT2D eigenvalue weighted by molar-refractivity contribution is -0.140. The number of carbonyl (C=O) groups is 1. The molecular formula is C23H36O4. The SMILES string of the molecule is C=C(C)C(=O)Oc1ccccc1CCCCCCCCC(OCC)OCC. The molecule has 1 aromatic rings. The molecule has 4 nitrogen and oxygen atoms in total. The highest BCUT2D eigenvalue weighted by atomic mass is 16.7. The predicted octanol–water partition coefficient (Wildman–Crippen LogP) is 5.84. The molecule has 0 atom stereocenters. The fraction of sp³-hybridized carbons (Fsp3) is 0.609. The third kappa shape index (κ3) is 10.3. The van der Waals surface area contributed by atoms with Gasteiger partial charge in [-0.1, -0.05) is 50.5 Å². The van der Waals surface area contributed by atoms with Crippen LogP contribution >= 0.6 is 0 Å². The van der Waals surface area contributed by atoms with Crippen LogP contribution in [0.3, 0.4) is 0 Å². The minimum atomic E-state index is -0.361. The number of hydrogen-bond donors (Lipinski definition) is 0. The summed E-state index contributed by atoms with van der Waals surface area (Å²) in [5.74, 6) is 0.295. The summed E-state index contributed by atoms with van der Waals surface area (Å²) >= 11 is 0. The molecule has 0 N–H and O–H groups in total. The van der Waals surface area contributed by atoms with Crippen molar-refractivity contribution >= 4 is 5.97 Å². The fourth-order valence-corrected chi connectivity index (χ4v) is 2.92. The second-order valence-corrected chi connectivity index (χ2v) is 6.78. The van der Waals surface area contributed by atoms with E-state index in [4.69, 9.17) is 14.2 Å². The number of para-hydroxylation sites is 1. The molecule has 0 heterocycles. The molecule has 4 heteroatoms. The van der Waals surface area contributed by atoms with Gasteiger partial charge in [0, 0.05) is 18.8 Å². The van der Waals surface area contributed by atoms with Crippen molar-refractivity contribution in [2.75, 3.05) is 13.2 Å². The zero-order valence-electron chi connectivity index (χ0n) is 17.3. The molecule has 0 spiro atoms. The maximum absolute atomic E-state index is 11.7. The minimum absolute atomic E-state index is 0.0431. The molecule has 1 rings (SSSR count). The molecule has 0 saturated heterocycles. The molecule has 0 fully saturated rings. The Bertz CT molecular complexity index is 547. The molecule has 0 unspecified atom stereocenters. The van der Waals surface area contributed by atoms with Crippen LogP contribution in [0, 0.1) is 0 Å². The molecule has 27 heavy (non-hydrogen) atoms. The topological polar surface area (TPSA) is 44.8 Å². The highest BCUT2D eigenvalue weighted by Gasteiger charge is 2.09. The Morgan fingerprint density at radius 3 is 2.19 bits per heavy atom. The first kappa shape index (κ1) is 23.4. The van der Waals surface area contributed by atoms with Crippen molar-refractivity contribution in [2.45, 2.75) is 78.4 Å². The summed E-state index contributed by atoms with van der Waals surface area (Å²) in [5, 5.41) is 0. The lowest BCUT2D eigenvalue weighted by Crippen LogP contribution is -2.17. The van der Waals surface area contributed by atoms with Crippen LogP contribution in [0.4, 0.5) is 0 Å². The molecule has 0 radical (unpaired) electrons. The van der Waals surface area contributed by atoms with Crippen molar-refractivity contribution in [1.82, 2.24) is 0 Å². The average molecular weight is 377 g/mol. The third-order valence-corrected chi connectivity index (χ3v) is 4.36. The minimum Gasteiger partial charge on any atom is -0.423 e. The molecular weight excluding hydrogens is 340 g/mol. The van der Waals surface area contributed by atoms with E-state index in [1.807, 2.05) is 38.1 Å². The van der Waals surface area contributed by atoms with Gasteiger partial charge in [-0.2, -0.15) is 0 Å². The predicted molar refractivity (Wildman–Crippen MR) is 110 cm³/mol. The van der Waals surface area contributed by atoms with Crippen molar-refractivity contribution in [3.05, 3.63) is 42.0 Å². The van der Waals surface area contributed by atoms with Crippen LogP contribution in [-0.4, -0.2) is 25.5 Å². The lowest BCUT2D eigenvalue weighted by Gasteiger charge is -2.16. The summed E-state index contributed by atoms with van der Waals surface area (Å²) in [4.78, 5) is 11.7. The Hall–Kier alpha value is -1.65. The van der Waals surface area contributed by atoms with Crippen LogP contribution in [0.25, 0.3) is 0 Å². The first-order chi connectivity index (χ1) is 13.1. The summed E-state index contributed by atoms with van der Waals surface area (Å²) in [6.45, 7) is 10.7. The monoisotopic (exact) mass is 376 g/mol. The number of carbonyl (C=O) groups excluding carboxylic acids is 1. The van der Waals surface area contributed by atoms with Crippen LogP contribution in [0.1, 0.15) is 71.3 Å². The largest absolute Gasteiger partial charge is 0.423 e. The van der Waals surface area contributed by atoms with Gasteiger partial charge in [-0.15, -0.1) is 0 Å². The normalized spacial score (nSPS) is 11.0. The zero-order chi connectivity index (χ0) is 19.9. The molecule has 0 bridgehead atoms. The van der Waals surface area contributed by atoms with Crippen molar-refractivity contribution in [3.63, 3.8) is 0 Å². The van der Waals surface area contributed by atoms with Gasteiger partial charge in [0.05, 0.1) is 0 Å². The molecule has 0 aliphatic rings. The van der Waals surface area contributed by atoms with Crippen LogP contribution in [0.15, 0.2) is 36.4 Å². The highest BCUT2D eigenvalue weighted by Crippen LogP contribution is 2.22. The van der Waals surface area contributed by atoms with Crippen LogP contribution in [0.2, 0.25) is 0 Å². The van der Waals surface area contributed by atoms with E-state index in [2.05, 4.69) is 6.58 Å². The number of hydrogen-bond acceptors (Lipinski definition) is 4. The molecule has 0 saturated carbocycles. The lowest BCUT2D eigenvalue weighted by atomic mass is 10.0. The molecule has 0 aliphatic carbocycles. The van der Waals surface area contributed by atoms with Gasteiger partial charge in [-0.05, 0) is 58.1 Å². The Balaban J connectivity index is 2.20. The van der Waals surface area contributed by atoms with E-state index in [0.717, 1.165) is 31.2 Å². The number of aryl methyl sites for hydroxylation is 1.